The molecule has 166 valence electrons. The molecule has 1 N–H and O–H groups in total. The lowest BCUT2D eigenvalue weighted by Crippen LogP contribution is -2.55. The molecule has 0 bridgehead atoms. The molecule has 0 atom stereocenters. The zero-order valence-corrected chi connectivity index (χ0v) is 18.3. The lowest BCUT2D eigenvalue weighted by molar-refractivity contribution is -0.120. The Kier molecular flexibility index (Phi) is 7.11. The summed E-state index contributed by atoms with van der Waals surface area (Å²) >= 11 is 0. The number of benzene rings is 1. The largest absolute Gasteiger partial charge is 0.496 e. The number of carbonyl (C=O) groups excluding carboxylic acids is 2. The van der Waals surface area contributed by atoms with Crippen molar-refractivity contribution < 1.29 is 19.1 Å². The van der Waals surface area contributed by atoms with Gasteiger partial charge in [-0.05, 0) is 24.6 Å². The second-order valence-electron chi connectivity index (χ2n) is 7.04. The Labute approximate surface area is 181 Å². The number of piperazine rings is 1. The van der Waals surface area contributed by atoms with Gasteiger partial charge in [0.25, 0.3) is 0 Å². The molecule has 10 heteroatoms. The van der Waals surface area contributed by atoms with Crippen LogP contribution < -0.4 is 15.0 Å². The SMILES string of the molecule is CCNC(=NCc1ccc(C(=O)OC)c(OC)c1)N1CCN(c2cnn(C)c2)C(=O)C1. The van der Waals surface area contributed by atoms with Gasteiger partial charge in [0.1, 0.15) is 17.9 Å². The van der Waals surface area contributed by atoms with Crippen LogP contribution in [0.2, 0.25) is 0 Å². The molecule has 31 heavy (non-hydrogen) atoms. The van der Waals surface area contributed by atoms with Gasteiger partial charge in [-0.25, -0.2) is 9.79 Å². The number of guanidine groups is 1. The van der Waals surface area contributed by atoms with Gasteiger partial charge in [0, 0.05) is 32.9 Å². The molecule has 0 aliphatic carbocycles. The number of esters is 1. The van der Waals surface area contributed by atoms with Crippen LogP contribution in [0.4, 0.5) is 5.69 Å². The Balaban J connectivity index is 1.72. The van der Waals surface area contributed by atoms with Crippen molar-refractivity contribution in [3.63, 3.8) is 0 Å². The highest BCUT2D eigenvalue weighted by Gasteiger charge is 2.27. The first-order chi connectivity index (χ1) is 15.0. The standard InChI is InChI=1S/C21H28N6O4/c1-5-22-21(23-11-15-6-7-17(20(29)31-4)18(10-15)30-3)26-8-9-27(19(28)14-26)16-12-24-25(2)13-16/h6-7,10,12-13H,5,8-9,11,14H2,1-4H3,(H,22,23). The van der Waals surface area contributed by atoms with Crippen molar-refractivity contribution in [2.24, 2.45) is 12.0 Å². The van der Waals surface area contributed by atoms with E-state index in [-0.39, 0.29) is 12.5 Å². The van der Waals surface area contributed by atoms with Gasteiger partial charge < -0.3 is 24.6 Å². The van der Waals surface area contributed by atoms with Crippen molar-refractivity contribution in [2.45, 2.75) is 13.5 Å². The number of nitrogens with zero attached hydrogens (tertiary/aromatic N) is 5. The van der Waals surface area contributed by atoms with E-state index in [0.717, 1.165) is 11.3 Å². The third-order valence-electron chi connectivity index (χ3n) is 4.94. The summed E-state index contributed by atoms with van der Waals surface area (Å²) < 4.78 is 11.8. The number of hydrogen-bond acceptors (Lipinski definition) is 6. The highest BCUT2D eigenvalue weighted by Crippen LogP contribution is 2.22. The molecule has 0 spiro atoms. The second-order valence-corrected chi connectivity index (χ2v) is 7.04. The molecule has 1 fully saturated rings. The summed E-state index contributed by atoms with van der Waals surface area (Å²) in [6.45, 7) is 4.47. The number of nitrogens with one attached hydrogen (secondary N) is 1. The molecule has 2 heterocycles. The van der Waals surface area contributed by atoms with Crippen LogP contribution in [0.15, 0.2) is 35.6 Å². The number of ether oxygens (including phenoxy) is 2. The lowest BCUT2D eigenvalue weighted by Gasteiger charge is -2.35. The second kappa shape index (κ2) is 9.96. The van der Waals surface area contributed by atoms with Gasteiger partial charge in [0.05, 0.1) is 32.6 Å². The molecule has 1 saturated heterocycles. The van der Waals surface area contributed by atoms with Crippen molar-refractivity contribution in [2.75, 3.05) is 45.3 Å². The number of hydrogen-bond donors (Lipinski definition) is 1. The van der Waals surface area contributed by atoms with Crippen LogP contribution in [-0.2, 0) is 23.1 Å². The number of amides is 1. The normalized spacial score (nSPS) is 14.6. The van der Waals surface area contributed by atoms with E-state index in [2.05, 4.69) is 15.4 Å². The summed E-state index contributed by atoms with van der Waals surface area (Å²) in [5.74, 6) is 0.640. The van der Waals surface area contributed by atoms with E-state index in [9.17, 15) is 9.59 Å². The minimum Gasteiger partial charge on any atom is -0.496 e. The average molecular weight is 428 g/mol. The third kappa shape index (κ3) is 5.14. The predicted molar refractivity (Wildman–Crippen MR) is 116 cm³/mol. The summed E-state index contributed by atoms with van der Waals surface area (Å²) in [6.07, 6.45) is 3.52. The molecule has 1 aromatic carbocycles. The molecular formula is C21H28N6O4. The lowest BCUT2D eigenvalue weighted by atomic mass is 10.1. The highest BCUT2D eigenvalue weighted by molar-refractivity contribution is 5.98. The van der Waals surface area contributed by atoms with Crippen LogP contribution in [0.25, 0.3) is 0 Å². The Bertz CT molecular complexity index is 971. The van der Waals surface area contributed by atoms with Gasteiger partial charge in [-0.1, -0.05) is 6.07 Å². The molecule has 0 unspecified atom stereocenters. The van der Waals surface area contributed by atoms with Crippen molar-refractivity contribution in [3.8, 4) is 5.75 Å². The molecule has 1 aliphatic heterocycles. The van der Waals surface area contributed by atoms with Crippen LogP contribution in [0.1, 0.15) is 22.8 Å². The number of methoxy groups -OCH3 is 2. The molecule has 1 aliphatic rings. The fourth-order valence-electron chi connectivity index (χ4n) is 3.38. The van der Waals surface area contributed by atoms with E-state index < -0.39 is 5.97 Å². The number of aryl methyl sites for hydroxylation is 1. The van der Waals surface area contributed by atoms with Gasteiger partial charge >= 0.3 is 5.97 Å². The van der Waals surface area contributed by atoms with E-state index in [4.69, 9.17) is 9.47 Å². The summed E-state index contributed by atoms with van der Waals surface area (Å²) in [5.41, 5.74) is 2.04. The van der Waals surface area contributed by atoms with Crippen molar-refractivity contribution in [1.82, 2.24) is 20.0 Å². The van der Waals surface area contributed by atoms with E-state index in [1.807, 2.05) is 31.1 Å². The molecule has 10 nitrogen and oxygen atoms in total. The fourth-order valence-corrected chi connectivity index (χ4v) is 3.38. The number of rotatable bonds is 6. The monoisotopic (exact) mass is 428 g/mol. The Hall–Kier alpha value is -3.56. The number of aromatic nitrogens is 2. The van der Waals surface area contributed by atoms with Gasteiger partial charge in [0.15, 0.2) is 5.96 Å². The van der Waals surface area contributed by atoms with Crippen LogP contribution in [-0.4, -0.2) is 72.9 Å². The number of aliphatic imine (C=N–C) groups is 1. The summed E-state index contributed by atoms with van der Waals surface area (Å²) in [5, 5.41) is 7.40. The first-order valence-corrected chi connectivity index (χ1v) is 10.0. The van der Waals surface area contributed by atoms with Crippen molar-refractivity contribution >= 4 is 23.5 Å². The van der Waals surface area contributed by atoms with Crippen LogP contribution >= 0.6 is 0 Å². The molecule has 3 rings (SSSR count). The maximum Gasteiger partial charge on any atom is 0.341 e. The summed E-state index contributed by atoms with van der Waals surface area (Å²) in [7, 11) is 4.66. The molecule has 0 saturated carbocycles. The predicted octanol–water partition coefficient (Wildman–Crippen LogP) is 1.03. The van der Waals surface area contributed by atoms with Crippen molar-refractivity contribution in [1.29, 1.82) is 0 Å². The number of anilines is 1. The zero-order chi connectivity index (χ0) is 22.4. The smallest absolute Gasteiger partial charge is 0.341 e. The third-order valence-corrected chi connectivity index (χ3v) is 4.94. The van der Waals surface area contributed by atoms with Crippen LogP contribution in [0.3, 0.4) is 0 Å². The van der Waals surface area contributed by atoms with E-state index in [1.54, 1.807) is 27.9 Å². The minimum absolute atomic E-state index is 0.00560. The van der Waals surface area contributed by atoms with E-state index in [1.165, 1.54) is 14.2 Å². The van der Waals surface area contributed by atoms with Crippen LogP contribution in [0, 0.1) is 0 Å². The fraction of sp³-hybridized carbons (Fsp3) is 0.429. The first kappa shape index (κ1) is 22.1. The first-order valence-electron chi connectivity index (χ1n) is 10.0. The topological polar surface area (TPSA) is 101 Å². The molecule has 0 radical (unpaired) electrons. The quantitative estimate of drug-likeness (QED) is 0.417. The zero-order valence-electron chi connectivity index (χ0n) is 18.3. The Morgan fingerprint density at radius 3 is 2.71 bits per heavy atom. The number of carbonyl (C=O) groups is 2. The Morgan fingerprint density at radius 1 is 1.29 bits per heavy atom. The van der Waals surface area contributed by atoms with E-state index >= 15 is 0 Å². The molecular weight excluding hydrogens is 400 g/mol. The minimum atomic E-state index is -0.453. The maximum absolute atomic E-state index is 12.7. The van der Waals surface area contributed by atoms with Gasteiger partial charge in [-0.15, -0.1) is 0 Å². The molecule has 2 aromatic rings. The van der Waals surface area contributed by atoms with Gasteiger partial charge in [-0.2, -0.15) is 5.10 Å². The maximum atomic E-state index is 12.7. The average Bonchev–Trinajstić information content (AvgIpc) is 3.21. The van der Waals surface area contributed by atoms with E-state index in [0.29, 0.717) is 43.5 Å². The molecule has 1 aromatic heterocycles. The van der Waals surface area contributed by atoms with Gasteiger partial charge in [0.2, 0.25) is 5.91 Å². The highest BCUT2D eigenvalue weighted by atomic mass is 16.5. The van der Waals surface area contributed by atoms with Gasteiger partial charge in [-0.3, -0.25) is 9.48 Å². The van der Waals surface area contributed by atoms with Crippen molar-refractivity contribution in [3.05, 3.63) is 41.7 Å². The molecule has 1 amide bonds. The summed E-state index contributed by atoms with van der Waals surface area (Å²) in [4.78, 5) is 32.9. The summed E-state index contributed by atoms with van der Waals surface area (Å²) in [6, 6.07) is 5.25. The Morgan fingerprint density at radius 2 is 2.10 bits per heavy atom. The van der Waals surface area contributed by atoms with Crippen LogP contribution in [0.5, 0.6) is 5.75 Å².